The first-order valence-corrected chi connectivity index (χ1v) is 15.0. The highest BCUT2D eigenvalue weighted by atomic mass is 32.2. The number of thioether (sulfide) groups is 2. The number of ether oxygens (including phenoxy) is 2. The molecule has 2 atom stereocenters. The van der Waals surface area contributed by atoms with Crippen molar-refractivity contribution in [2.24, 2.45) is 0 Å². The number of methoxy groups -OCH3 is 1. The Morgan fingerprint density at radius 3 is 2.56 bits per heavy atom. The third-order valence-electron chi connectivity index (χ3n) is 6.17. The first kappa shape index (κ1) is 27.2. The summed E-state index contributed by atoms with van der Waals surface area (Å²) in [5.41, 5.74) is 2.70. The van der Waals surface area contributed by atoms with Gasteiger partial charge in [-0.2, -0.15) is 0 Å². The van der Waals surface area contributed by atoms with Crippen molar-refractivity contribution in [3.05, 3.63) is 82.0 Å². The zero-order valence-corrected chi connectivity index (χ0v) is 23.7. The largest absolute Gasteiger partial charge is 0.497 e. The van der Waals surface area contributed by atoms with Crippen LogP contribution < -0.4 is 10.1 Å². The van der Waals surface area contributed by atoms with Crippen LogP contribution in [0.5, 0.6) is 5.75 Å². The van der Waals surface area contributed by atoms with E-state index < -0.39 is 12.0 Å². The van der Waals surface area contributed by atoms with Gasteiger partial charge in [0.1, 0.15) is 34.5 Å². The maximum absolute atomic E-state index is 13.4. The standard InChI is InChI=1S/C27H26N4O5S3/c1-16-29-30-27(39-16)38-15-19-14-37-25-22(28-21(32)12-17-6-4-3-5-7-17)24(33)31(25)23(19)26(34)36-13-18-8-10-20(35-2)11-9-18/h3-11,22,25H,12-15H2,1-2H3,(H,28,32). The third kappa shape index (κ3) is 6.29. The van der Waals surface area contributed by atoms with Gasteiger partial charge in [0.15, 0.2) is 4.34 Å². The fraction of sp³-hybridized carbons (Fsp3) is 0.296. The van der Waals surface area contributed by atoms with Gasteiger partial charge < -0.3 is 14.8 Å². The molecule has 0 aliphatic carbocycles. The van der Waals surface area contributed by atoms with Crippen LogP contribution in [-0.4, -0.2) is 62.9 Å². The van der Waals surface area contributed by atoms with Gasteiger partial charge in [0, 0.05) is 11.5 Å². The summed E-state index contributed by atoms with van der Waals surface area (Å²) in [6, 6.07) is 15.9. The highest BCUT2D eigenvalue weighted by Gasteiger charge is 2.54. The summed E-state index contributed by atoms with van der Waals surface area (Å²) >= 11 is 4.48. The van der Waals surface area contributed by atoms with Gasteiger partial charge in [-0.25, -0.2) is 4.79 Å². The molecule has 0 spiro atoms. The Balaban J connectivity index is 1.30. The summed E-state index contributed by atoms with van der Waals surface area (Å²) in [6.45, 7) is 1.94. The van der Waals surface area contributed by atoms with Crippen molar-refractivity contribution in [3.8, 4) is 5.75 Å². The van der Waals surface area contributed by atoms with E-state index >= 15 is 0 Å². The quantitative estimate of drug-likeness (QED) is 0.218. The number of hydrogen-bond acceptors (Lipinski definition) is 10. The minimum Gasteiger partial charge on any atom is -0.497 e. The minimum atomic E-state index is -0.699. The summed E-state index contributed by atoms with van der Waals surface area (Å²) in [7, 11) is 1.59. The summed E-state index contributed by atoms with van der Waals surface area (Å²) in [6.07, 6.45) is 0.178. The van der Waals surface area contributed by atoms with E-state index in [9.17, 15) is 14.4 Å². The maximum atomic E-state index is 13.4. The molecule has 2 aliphatic heterocycles. The number of β-lactam (4-membered cyclic amide) rings is 1. The van der Waals surface area contributed by atoms with Crippen molar-refractivity contribution >= 4 is 52.6 Å². The molecule has 0 bridgehead atoms. The van der Waals surface area contributed by atoms with E-state index in [0.29, 0.717) is 17.3 Å². The smallest absolute Gasteiger partial charge is 0.355 e. The van der Waals surface area contributed by atoms with E-state index in [1.807, 2.05) is 49.4 Å². The lowest BCUT2D eigenvalue weighted by Gasteiger charge is -2.49. The number of nitrogens with zero attached hydrogens (tertiary/aromatic N) is 3. The lowest BCUT2D eigenvalue weighted by Crippen LogP contribution is -2.70. The predicted molar refractivity (Wildman–Crippen MR) is 150 cm³/mol. The van der Waals surface area contributed by atoms with Crippen LogP contribution >= 0.6 is 34.9 Å². The SMILES string of the molecule is COc1ccc(COC(=O)C2=C(CSc3nnc(C)s3)CSC3C(NC(=O)Cc4ccccc4)C(=O)N23)cc1. The fourth-order valence-electron chi connectivity index (χ4n) is 4.21. The molecular weight excluding hydrogens is 557 g/mol. The molecule has 2 aromatic carbocycles. The van der Waals surface area contributed by atoms with Crippen molar-refractivity contribution in [1.29, 1.82) is 0 Å². The first-order valence-electron chi connectivity index (χ1n) is 12.2. The fourth-order valence-corrected chi connectivity index (χ4v) is 7.51. The van der Waals surface area contributed by atoms with Crippen LogP contribution in [0.1, 0.15) is 16.1 Å². The molecule has 39 heavy (non-hydrogen) atoms. The summed E-state index contributed by atoms with van der Waals surface area (Å²) < 4.78 is 11.6. The monoisotopic (exact) mass is 582 g/mol. The van der Waals surface area contributed by atoms with E-state index in [1.165, 1.54) is 39.8 Å². The molecule has 1 saturated heterocycles. The van der Waals surface area contributed by atoms with E-state index in [-0.39, 0.29) is 35.9 Å². The Morgan fingerprint density at radius 1 is 1.10 bits per heavy atom. The second-order valence-corrected chi connectivity index (χ2v) is 12.4. The number of hydrogen-bond donors (Lipinski definition) is 1. The molecule has 9 nitrogen and oxygen atoms in total. The number of esters is 1. The van der Waals surface area contributed by atoms with Crippen molar-refractivity contribution < 1.29 is 23.9 Å². The predicted octanol–water partition coefficient (Wildman–Crippen LogP) is 3.59. The van der Waals surface area contributed by atoms with E-state index in [2.05, 4.69) is 15.5 Å². The Labute approximate surface area is 238 Å². The lowest BCUT2D eigenvalue weighted by atomic mass is 10.0. The average molecular weight is 583 g/mol. The Hall–Kier alpha value is -3.35. The summed E-state index contributed by atoms with van der Waals surface area (Å²) in [5.74, 6) is 0.577. The Bertz CT molecular complexity index is 1390. The molecule has 202 valence electrons. The second-order valence-electron chi connectivity index (χ2n) is 8.87. The number of nitrogens with one attached hydrogen (secondary N) is 1. The summed E-state index contributed by atoms with van der Waals surface area (Å²) in [4.78, 5) is 40.8. The van der Waals surface area contributed by atoms with E-state index in [0.717, 1.165) is 26.0 Å². The van der Waals surface area contributed by atoms with Crippen molar-refractivity contribution in [1.82, 2.24) is 20.4 Å². The number of carbonyl (C=O) groups excluding carboxylic acids is 3. The number of rotatable bonds is 10. The number of benzene rings is 2. The van der Waals surface area contributed by atoms with Crippen LogP contribution in [0.15, 0.2) is 70.2 Å². The van der Waals surface area contributed by atoms with Gasteiger partial charge in [-0.05, 0) is 35.8 Å². The minimum absolute atomic E-state index is 0.0550. The van der Waals surface area contributed by atoms with Gasteiger partial charge in [0.25, 0.3) is 5.91 Å². The van der Waals surface area contributed by atoms with Gasteiger partial charge >= 0.3 is 5.97 Å². The van der Waals surface area contributed by atoms with Crippen LogP contribution in [-0.2, 0) is 32.1 Å². The number of aromatic nitrogens is 2. The summed E-state index contributed by atoms with van der Waals surface area (Å²) in [5, 5.41) is 11.5. The molecule has 3 aromatic rings. The number of carbonyl (C=O) groups is 3. The van der Waals surface area contributed by atoms with Gasteiger partial charge in [-0.1, -0.05) is 65.6 Å². The zero-order chi connectivity index (χ0) is 27.4. The van der Waals surface area contributed by atoms with Crippen LogP contribution in [0.4, 0.5) is 0 Å². The van der Waals surface area contributed by atoms with Gasteiger partial charge in [0.05, 0.1) is 13.5 Å². The van der Waals surface area contributed by atoms with Crippen LogP contribution in [0.25, 0.3) is 0 Å². The molecule has 0 radical (unpaired) electrons. The van der Waals surface area contributed by atoms with Crippen LogP contribution in [0.2, 0.25) is 0 Å². The highest BCUT2D eigenvalue weighted by molar-refractivity contribution is 8.01. The molecule has 2 aliphatic rings. The number of fused-ring (bicyclic) bond motifs is 1. The molecule has 2 unspecified atom stereocenters. The van der Waals surface area contributed by atoms with Crippen molar-refractivity contribution in [2.75, 3.05) is 18.6 Å². The van der Waals surface area contributed by atoms with Gasteiger partial charge in [0.2, 0.25) is 5.91 Å². The van der Waals surface area contributed by atoms with Gasteiger partial charge in [-0.15, -0.1) is 22.0 Å². The maximum Gasteiger partial charge on any atom is 0.355 e. The van der Waals surface area contributed by atoms with Crippen LogP contribution in [0.3, 0.4) is 0 Å². The molecule has 5 rings (SSSR count). The van der Waals surface area contributed by atoms with E-state index in [1.54, 1.807) is 19.2 Å². The molecule has 0 saturated carbocycles. The molecular formula is C27H26N4O5S3. The average Bonchev–Trinajstić information content (AvgIpc) is 3.38. The first-order chi connectivity index (χ1) is 18.9. The molecule has 1 aromatic heterocycles. The van der Waals surface area contributed by atoms with E-state index in [4.69, 9.17) is 9.47 Å². The Morgan fingerprint density at radius 2 is 1.87 bits per heavy atom. The van der Waals surface area contributed by atoms with Crippen molar-refractivity contribution in [2.45, 2.75) is 35.7 Å². The third-order valence-corrected chi connectivity index (χ3v) is 9.57. The van der Waals surface area contributed by atoms with Crippen molar-refractivity contribution in [3.63, 3.8) is 0 Å². The molecule has 3 heterocycles. The zero-order valence-electron chi connectivity index (χ0n) is 21.3. The normalized spacial score (nSPS) is 18.3. The highest BCUT2D eigenvalue weighted by Crippen LogP contribution is 2.42. The lowest BCUT2D eigenvalue weighted by molar-refractivity contribution is -0.153. The topological polar surface area (TPSA) is 111 Å². The Kier molecular flexibility index (Phi) is 8.53. The van der Waals surface area contributed by atoms with Gasteiger partial charge in [-0.3, -0.25) is 14.5 Å². The second kappa shape index (κ2) is 12.2. The number of aryl methyl sites for hydroxylation is 1. The molecule has 1 N–H and O–H groups in total. The molecule has 2 amide bonds. The number of amides is 2. The molecule has 1 fully saturated rings. The molecule has 12 heteroatoms. The van der Waals surface area contributed by atoms with Crippen LogP contribution in [0, 0.1) is 6.92 Å².